The molecule has 0 aliphatic heterocycles. The van der Waals surface area contributed by atoms with Crippen LogP contribution in [0, 0.1) is 17.0 Å². The van der Waals surface area contributed by atoms with Crippen molar-refractivity contribution in [2.45, 2.75) is 6.92 Å². The molecule has 0 aliphatic carbocycles. The average Bonchev–Trinajstić information content (AvgIpc) is 2.42. The van der Waals surface area contributed by atoms with Crippen molar-refractivity contribution >= 4 is 34.6 Å². The van der Waals surface area contributed by atoms with Gasteiger partial charge in [0.05, 0.1) is 21.2 Å². The van der Waals surface area contributed by atoms with Crippen LogP contribution in [0.15, 0.2) is 36.4 Å². The number of nitro benzene ring substituents is 1. The molecular formula is C14H11ClN2O4. The van der Waals surface area contributed by atoms with Gasteiger partial charge in [-0.1, -0.05) is 17.7 Å². The number of rotatable bonds is 4. The maximum Gasteiger partial charge on any atom is 0.335 e. The van der Waals surface area contributed by atoms with E-state index >= 15 is 0 Å². The second-order valence-corrected chi connectivity index (χ2v) is 4.79. The minimum atomic E-state index is -1.07. The molecule has 0 aromatic heterocycles. The van der Waals surface area contributed by atoms with E-state index < -0.39 is 10.9 Å². The molecule has 2 aromatic carbocycles. The Kier molecular flexibility index (Phi) is 4.09. The zero-order valence-corrected chi connectivity index (χ0v) is 11.7. The van der Waals surface area contributed by atoms with E-state index in [-0.39, 0.29) is 16.3 Å². The number of carboxylic acids is 1. The van der Waals surface area contributed by atoms with Crippen molar-refractivity contribution in [2.75, 3.05) is 5.32 Å². The highest BCUT2D eigenvalue weighted by molar-refractivity contribution is 6.33. The van der Waals surface area contributed by atoms with Gasteiger partial charge in [0, 0.05) is 17.8 Å². The van der Waals surface area contributed by atoms with Crippen LogP contribution in [-0.4, -0.2) is 16.0 Å². The summed E-state index contributed by atoms with van der Waals surface area (Å²) < 4.78 is 0. The molecule has 108 valence electrons. The lowest BCUT2D eigenvalue weighted by atomic mass is 10.1. The second kappa shape index (κ2) is 5.80. The molecular weight excluding hydrogens is 296 g/mol. The molecule has 6 nitrogen and oxygen atoms in total. The maximum absolute atomic E-state index is 10.8. The summed E-state index contributed by atoms with van der Waals surface area (Å²) >= 11 is 6.02. The van der Waals surface area contributed by atoms with Gasteiger partial charge in [-0.2, -0.15) is 0 Å². The number of anilines is 2. The molecule has 7 heteroatoms. The van der Waals surface area contributed by atoms with Crippen LogP contribution in [0.2, 0.25) is 5.02 Å². The van der Waals surface area contributed by atoms with E-state index in [1.807, 2.05) is 0 Å². The Bertz CT molecular complexity index is 731. The quantitative estimate of drug-likeness (QED) is 0.658. The van der Waals surface area contributed by atoms with Gasteiger partial charge in [0.1, 0.15) is 0 Å². The zero-order chi connectivity index (χ0) is 15.6. The van der Waals surface area contributed by atoms with Crippen molar-refractivity contribution in [2.24, 2.45) is 0 Å². The van der Waals surface area contributed by atoms with E-state index in [0.29, 0.717) is 11.4 Å². The molecule has 0 bridgehead atoms. The fourth-order valence-electron chi connectivity index (χ4n) is 1.75. The van der Waals surface area contributed by atoms with Crippen LogP contribution in [0.1, 0.15) is 15.9 Å². The molecule has 0 saturated carbocycles. The van der Waals surface area contributed by atoms with E-state index in [2.05, 4.69) is 5.32 Å². The Hall–Kier alpha value is -2.60. The van der Waals surface area contributed by atoms with E-state index in [1.165, 1.54) is 30.3 Å². The van der Waals surface area contributed by atoms with Crippen LogP contribution < -0.4 is 5.32 Å². The third kappa shape index (κ3) is 3.29. The Morgan fingerprint density at radius 3 is 2.52 bits per heavy atom. The first-order chi connectivity index (χ1) is 9.88. The van der Waals surface area contributed by atoms with Crippen molar-refractivity contribution < 1.29 is 14.8 Å². The second-order valence-electron chi connectivity index (χ2n) is 4.38. The predicted octanol–water partition coefficient (Wildman–Crippen LogP) is 4.00. The van der Waals surface area contributed by atoms with Gasteiger partial charge in [-0.25, -0.2) is 4.79 Å². The van der Waals surface area contributed by atoms with Gasteiger partial charge in [-0.15, -0.1) is 0 Å². The number of nitro groups is 1. The first-order valence-electron chi connectivity index (χ1n) is 5.93. The standard InChI is InChI=1S/C14H11ClN2O4/c1-8-2-4-10(17(20)21)7-13(8)16-12-5-3-9(14(18)19)6-11(12)15/h2-7,16H,1H3,(H,18,19). The number of nitrogens with one attached hydrogen (secondary N) is 1. The summed E-state index contributed by atoms with van der Waals surface area (Å²) in [5, 5.41) is 22.9. The first-order valence-corrected chi connectivity index (χ1v) is 6.31. The molecule has 21 heavy (non-hydrogen) atoms. The zero-order valence-electron chi connectivity index (χ0n) is 11.0. The SMILES string of the molecule is Cc1ccc([N+](=O)[O-])cc1Nc1ccc(C(=O)O)cc1Cl. The largest absolute Gasteiger partial charge is 0.478 e. The monoisotopic (exact) mass is 306 g/mol. The van der Waals surface area contributed by atoms with E-state index in [9.17, 15) is 14.9 Å². The molecule has 0 heterocycles. The predicted molar refractivity (Wildman–Crippen MR) is 79.5 cm³/mol. The number of hydrogen-bond donors (Lipinski definition) is 2. The van der Waals surface area contributed by atoms with Crippen LogP contribution in [0.25, 0.3) is 0 Å². The number of carboxylic acid groups (broad SMARTS) is 1. The number of aromatic carboxylic acids is 1. The van der Waals surface area contributed by atoms with Gasteiger partial charge >= 0.3 is 5.97 Å². The Morgan fingerprint density at radius 1 is 1.24 bits per heavy atom. The highest BCUT2D eigenvalue weighted by Crippen LogP contribution is 2.30. The molecule has 0 spiro atoms. The van der Waals surface area contributed by atoms with Gasteiger partial charge < -0.3 is 10.4 Å². The highest BCUT2D eigenvalue weighted by atomic mass is 35.5. The minimum Gasteiger partial charge on any atom is -0.478 e. The Balaban J connectivity index is 2.36. The third-order valence-corrected chi connectivity index (χ3v) is 3.23. The van der Waals surface area contributed by atoms with E-state index in [4.69, 9.17) is 16.7 Å². The summed E-state index contributed by atoms with van der Waals surface area (Å²) in [5.41, 5.74) is 1.85. The van der Waals surface area contributed by atoms with Crippen LogP contribution in [0.5, 0.6) is 0 Å². The van der Waals surface area contributed by atoms with E-state index in [0.717, 1.165) is 5.56 Å². The molecule has 2 rings (SSSR count). The van der Waals surface area contributed by atoms with Crippen LogP contribution in [0.3, 0.4) is 0 Å². The lowest BCUT2D eigenvalue weighted by Crippen LogP contribution is -1.99. The van der Waals surface area contributed by atoms with Gasteiger partial charge in [0.25, 0.3) is 5.69 Å². The molecule has 0 saturated heterocycles. The lowest BCUT2D eigenvalue weighted by Gasteiger charge is -2.11. The molecule has 0 unspecified atom stereocenters. The summed E-state index contributed by atoms with van der Waals surface area (Å²) in [4.78, 5) is 21.1. The molecule has 0 fully saturated rings. The minimum absolute atomic E-state index is 0.0404. The molecule has 2 N–H and O–H groups in total. The van der Waals surface area contributed by atoms with Crippen LogP contribution in [0.4, 0.5) is 17.1 Å². The normalized spacial score (nSPS) is 10.2. The molecule has 0 atom stereocenters. The molecule has 0 radical (unpaired) electrons. The molecule has 2 aromatic rings. The number of hydrogen-bond acceptors (Lipinski definition) is 4. The molecule has 0 aliphatic rings. The van der Waals surface area contributed by atoms with Crippen molar-refractivity contribution in [1.29, 1.82) is 0 Å². The third-order valence-electron chi connectivity index (χ3n) is 2.92. The lowest BCUT2D eigenvalue weighted by molar-refractivity contribution is -0.384. The Morgan fingerprint density at radius 2 is 1.95 bits per heavy atom. The van der Waals surface area contributed by atoms with Crippen molar-refractivity contribution in [3.05, 3.63) is 62.7 Å². The van der Waals surface area contributed by atoms with Crippen LogP contribution in [-0.2, 0) is 0 Å². The van der Waals surface area contributed by atoms with Crippen molar-refractivity contribution in [1.82, 2.24) is 0 Å². The fourth-order valence-corrected chi connectivity index (χ4v) is 1.98. The topological polar surface area (TPSA) is 92.5 Å². The maximum atomic E-state index is 10.8. The number of aryl methyl sites for hydroxylation is 1. The summed E-state index contributed by atoms with van der Waals surface area (Å²) in [6.07, 6.45) is 0. The summed E-state index contributed by atoms with van der Waals surface area (Å²) in [6, 6.07) is 8.68. The fraction of sp³-hybridized carbons (Fsp3) is 0.0714. The number of nitrogens with zero attached hydrogens (tertiary/aromatic N) is 1. The Labute approximate surface area is 125 Å². The highest BCUT2D eigenvalue weighted by Gasteiger charge is 2.11. The van der Waals surface area contributed by atoms with E-state index in [1.54, 1.807) is 13.0 Å². The van der Waals surface area contributed by atoms with Crippen LogP contribution >= 0.6 is 11.6 Å². The summed E-state index contributed by atoms with van der Waals surface area (Å²) in [7, 11) is 0. The van der Waals surface area contributed by atoms with Gasteiger partial charge in [-0.05, 0) is 30.7 Å². The number of carbonyl (C=O) groups is 1. The van der Waals surface area contributed by atoms with Gasteiger partial charge in [-0.3, -0.25) is 10.1 Å². The van der Waals surface area contributed by atoms with Crippen molar-refractivity contribution in [3.8, 4) is 0 Å². The van der Waals surface area contributed by atoms with Gasteiger partial charge in [0.2, 0.25) is 0 Å². The summed E-state index contributed by atoms with van der Waals surface area (Å²) in [5.74, 6) is -1.07. The first kappa shape index (κ1) is 14.8. The smallest absolute Gasteiger partial charge is 0.335 e. The number of halogens is 1. The number of non-ortho nitro benzene ring substituents is 1. The summed E-state index contributed by atoms with van der Waals surface area (Å²) in [6.45, 7) is 1.80. The van der Waals surface area contributed by atoms with Crippen molar-refractivity contribution in [3.63, 3.8) is 0 Å². The van der Waals surface area contributed by atoms with Gasteiger partial charge in [0.15, 0.2) is 0 Å². The molecule has 0 amide bonds. The number of benzene rings is 2. The average molecular weight is 307 g/mol.